The number of halogens is 1. The molecule has 18 heavy (non-hydrogen) atoms. The highest BCUT2D eigenvalue weighted by atomic mass is 35.5. The van der Waals surface area contributed by atoms with Gasteiger partial charge in [0.15, 0.2) is 0 Å². The molecule has 1 unspecified atom stereocenters. The van der Waals surface area contributed by atoms with E-state index in [9.17, 15) is 9.90 Å². The van der Waals surface area contributed by atoms with Gasteiger partial charge in [-0.15, -0.1) is 6.42 Å². The molecular weight excluding hydrogens is 254 g/mol. The quantitative estimate of drug-likeness (QED) is 0.786. The lowest BCUT2D eigenvalue weighted by Gasteiger charge is -2.22. The molecule has 1 heterocycles. The first-order valence-electron chi connectivity index (χ1n) is 5.56. The normalized spacial score (nSPS) is 13.7. The predicted octanol–water partition coefficient (Wildman–Crippen LogP) is 1.10. The van der Waals surface area contributed by atoms with Crippen molar-refractivity contribution in [2.75, 3.05) is 11.9 Å². The number of hydrogen-bond donors (Lipinski definition) is 2. The molecule has 5 nitrogen and oxygen atoms in total. The summed E-state index contributed by atoms with van der Waals surface area (Å²) in [7, 11) is 0. The van der Waals surface area contributed by atoms with Crippen LogP contribution in [0.1, 0.15) is 20.3 Å². The summed E-state index contributed by atoms with van der Waals surface area (Å²) in [5, 5.41) is 16.8. The number of aliphatic hydroxyl groups is 1. The van der Waals surface area contributed by atoms with Crippen molar-refractivity contribution in [3.63, 3.8) is 0 Å². The molecule has 1 aromatic rings. The van der Waals surface area contributed by atoms with Crippen LogP contribution in [0.15, 0.2) is 11.0 Å². The highest BCUT2D eigenvalue weighted by molar-refractivity contribution is 6.32. The van der Waals surface area contributed by atoms with Crippen LogP contribution in [0.3, 0.4) is 0 Å². The van der Waals surface area contributed by atoms with Gasteiger partial charge in [0.2, 0.25) is 0 Å². The summed E-state index contributed by atoms with van der Waals surface area (Å²) in [6, 6.07) is 0. The Morgan fingerprint density at radius 3 is 2.94 bits per heavy atom. The van der Waals surface area contributed by atoms with Gasteiger partial charge in [-0.2, -0.15) is 5.10 Å². The molecule has 1 atom stereocenters. The molecule has 0 aliphatic rings. The molecule has 0 fully saturated rings. The Kier molecular flexibility index (Phi) is 4.76. The Balaban J connectivity index is 2.99. The molecule has 0 aromatic carbocycles. The van der Waals surface area contributed by atoms with Gasteiger partial charge in [0.25, 0.3) is 5.56 Å². The summed E-state index contributed by atoms with van der Waals surface area (Å²) in [6.07, 6.45) is 7.05. The van der Waals surface area contributed by atoms with Crippen LogP contribution < -0.4 is 10.9 Å². The number of nitrogens with zero attached hydrogens (tertiary/aromatic N) is 2. The second kappa shape index (κ2) is 5.89. The highest BCUT2D eigenvalue weighted by Crippen LogP contribution is 2.17. The predicted molar refractivity (Wildman–Crippen MR) is 71.7 cm³/mol. The third kappa shape index (κ3) is 3.49. The fourth-order valence-electron chi connectivity index (χ4n) is 1.23. The lowest BCUT2D eigenvalue weighted by molar-refractivity contribution is 0.0697. The van der Waals surface area contributed by atoms with Crippen LogP contribution in [0, 0.1) is 12.3 Å². The van der Waals surface area contributed by atoms with E-state index in [1.807, 2.05) is 6.92 Å². The van der Waals surface area contributed by atoms with Crippen LogP contribution in [0.2, 0.25) is 5.02 Å². The van der Waals surface area contributed by atoms with Gasteiger partial charge in [0.05, 0.1) is 16.8 Å². The number of terminal acetylenes is 1. The molecule has 2 N–H and O–H groups in total. The van der Waals surface area contributed by atoms with Crippen LogP contribution >= 0.6 is 11.6 Å². The molecule has 0 saturated heterocycles. The third-order valence-corrected chi connectivity index (χ3v) is 2.93. The molecule has 1 rings (SSSR count). The van der Waals surface area contributed by atoms with Crippen molar-refractivity contribution >= 4 is 17.3 Å². The smallest absolute Gasteiger partial charge is 0.292 e. The number of nitrogens with one attached hydrogen (secondary N) is 1. The van der Waals surface area contributed by atoms with Crippen molar-refractivity contribution in [1.82, 2.24) is 9.78 Å². The van der Waals surface area contributed by atoms with E-state index < -0.39 is 11.2 Å². The summed E-state index contributed by atoms with van der Waals surface area (Å²) in [4.78, 5) is 12.0. The monoisotopic (exact) mass is 269 g/mol. The molecule has 0 amide bonds. The van der Waals surface area contributed by atoms with Crippen LogP contribution in [0.4, 0.5) is 5.69 Å². The summed E-state index contributed by atoms with van der Waals surface area (Å²) in [5.74, 6) is 2.34. The van der Waals surface area contributed by atoms with Gasteiger partial charge < -0.3 is 10.4 Å². The molecule has 0 saturated carbocycles. The van der Waals surface area contributed by atoms with Crippen molar-refractivity contribution in [3.05, 3.63) is 21.6 Å². The Bertz CT molecular complexity index is 517. The van der Waals surface area contributed by atoms with Crippen LogP contribution in [-0.2, 0) is 6.54 Å². The Labute approximate surface area is 111 Å². The molecular formula is C12H16ClN3O2. The van der Waals surface area contributed by atoms with Gasteiger partial charge in [-0.3, -0.25) is 4.79 Å². The first-order valence-corrected chi connectivity index (χ1v) is 5.94. The van der Waals surface area contributed by atoms with Gasteiger partial charge in [0, 0.05) is 6.54 Å². The average Bonchev–Trinajstić information content (AvgIpc) is 2.33. The van der Waals surface area contributed by atoms with Gasteiger partial charge in [-0.25, -0.2) is 4.68 Å². The summed E-state index contributed by atoms with van der Waals surface area (Å²) in [5.41, 5.74) is -1.10. The van der Waals surface area contributed by atoms with Crippen LogP contribution in [-0.4, -0.2) is 27.0 Å². The maximum absolute atomic E-state index is 12.0. The first-order chi connectivity index (χ1) is 8.41. The van der Waals surface area contributed by atoms with E-state index in [2.05, 4.69) is 16.3 Å². The minimum absolute atomic E-state index is 0.0782. The minimum Gasteiger partial charge on any atom is -0.388 e. The van der Waals surface area contributed by atoms with Crippen molar-refractivity contribution < 1.29 is 5.11 Å². The number of anilines is 1. The van der Waals surface area contributed by atoms with E-state index in [1.165, 1.54) is 6.20 Å². The maximum Gasteiger partial charge on any atom is 0.292 e. The molecule has 0 aliphatic heterocycles. The first kappa shape index (κ1) is 14.6. The van der Waals surface area contributed by atoms with E-state index in [0.29, 0.717) is 6.42 Å². The van der Waals surface area contributed by atoms with E-state index in [1.54, 1.807) is 6.92 Å². The second-order valence-corrected chi connectivity index (χ2v) is 4.65. The zero-order valence-corrected chi connectivity index (χ0v) is 11.2. The number of rotatable bonds is 5. The van der Waals surface area contributed by atoms with Crippen LogP contribution in [0.5, 0.6) is 0 Å². The van der Waals surface area contributed by atoms with E-state index in [4.69, 9.17) is 18.0 Å². The molecule has 6 heteroatoms. The summed E-state index contributed by atoms with van der Waals surface area (Å²) < 4.78 is 1.13. The zero-order valence-electron chi connectivity index (χ0n) is 10.4. The standard InChI is InChI=1S/C12H16ClN3O2/c1-4-6-16-11(17)10(9(13)7-15-16)14-8-12(3,18)5-2/h1,7,14,18H,5-6,8H2,2-3H3. The van der Waals surface area contributed by atoms with Gasteiger partial charge in [-0.1, -0.05) is 24.4 Å². The molecule has 0 radical (unpaired) electrons. The van der Waals surface area contributed by atoms with Crippen molar-refractivity contribution in [2.24, 2.45) is 0 Å². The van der Waals surface area contributed by atoms with Crippen molar-refractivity contribution in [2.45, 2.75) is 32.4 Å². The van der Waals surface area contributed by atoms with Crippen LogP contribution in [0.25, 0.3) is 0 Å². The molecule has 0 bridgehead atoms. The lowest BCUT2D eigenvalue weighted by atomic mass is 10.0. The topological polar surface area (TPSA) is 67.2 Å². The largest absolute Gasteiger partial charge is 0.388 e. The molecule has 1 aromatic heterocycles. The Morgan fingerprint density at radius 2 is 2.39 bits per heavy atom. The molecule has 0 spiro atoms. The van der Waals surface area contributed by atoms with E-state index >= 15 is 0 Å². The van der Waals surface area contributed by atoms with Crippen molar-refractivity contribution in [3.8, 4) is 12.3 Å². The maximum atomic E-state index is 12.0. The van der Waals surface area contributed by atoms with E-state index in [0.717, 1.165) is 4.68 Å². The zero-order chi connectivity index (χ0) is 13.8. The fraction of sp³-hybridized carbons (Fsp3) is 0.500. The summed E-state index contributed by atoms with van der Waals surface area (Å²) in [6.45, 7) is 3.83. The second-order valence-electron chi connectivity index (χ2n) is 4.24. The minimum atomic E-state index is -0.907. The third-order valence-electron chi connectivity index (χ3n) is 2.65. The van der Waals surface area contributed by atoms with Crippen molar-refractivity contribution in [1.29, 1.82) is 0 Å². The SMILES string of the molecule is C#CCn1ncc(Cl)c(NCC(C)(O)CC)c1=O. The Morgan fingerprint density at radius 1 is 1.72 bits per heavy atom. The van der Waals surface area contributed by atoms with E-state index in [-0.39, 0.29) is 23.8 Å². The summed E-state index contributed by atoms with van der Waals surface area (Å²) >= 11 is 5.90. The highest BCUT2D eigenvalue weighted by Gasteiger charge is 2.19. The van der Waals surface area contributed by atoms with Gasteiger partial charge in [0.1, 0.15) is 12.2 Å². The molecule has 0 aliphatic carbocycles. The average molecular weight is 270 g/mol. The molecule has 98 valence electrons. The number of hydrogen-bond acceptors (Lipinski definition) is 4. The fourth-order valence-corrected chi connectivity index (χ4v) is 1.42. The number of aromatic nitrogens is 2. The Hall–Kier alpha value is -1.51. The van der Waals surface area contributed by atoms with Gasteiger partial charge >= 0.3 is 0 Å². The van der Waals surface area contributed by atoms with Gasteiger partial charge in [-0.05, 0) is 13.3 Å². The lowest BCUT2D eigenvalue weighted by Crippen LogP contribution is -2.35.